The lowest BCUT2D eigenvalue weighted by Crippen LogP contribution is -2.26. The molecule has 0 aliphatic carbocycles. The van der Waals surface area contributed by atoms with Gasteiger partial charge in [-0.1, -0.05) is 66.2 Å². The van der Waals surface area contributed by atoms with Gasteiger partial charge in [0.05, 0.1) is 5.69 Å². The van der Waals surface area contributed by atoms with Crippen molar-refractivity contribution in [3.8, 4) is 5.69 Å². The second-order valence-corrected chi connectivity index (χ2v) is 8.13. The summed E-state index contributed by atoms with van der Waals surface area (Å²) in [5.41, 5.74) is 5.44. The molecule has 0 saturated carbocycles. The Hall–Kier alpha value is -4.19. The number of rotatable bonds is 7. The average Bonchev–Trinajstić information content (AvgIpc) is 3.45. The number of para-hydroxylation sites is 1. The number of benzene rings is 3. The highest BCUT2D eigenvalue weighted by molar-refractivity contribution is 5.90. The summed E-state index contributed by atoms with van der Waals surface area (Å²) in [5, 5.41) is 8.71. The zero-order valence-corrected chi connectivity index (χ0v) is 18.5. The Balaban J connectivity index is 1.35. The maximum absolute atomic E-state index is 12.9. The van der Waals surface area contributed by atoms with E-state index in [1.807, 2.05) is 73.8 Å². The second-order valence-electron chi connectivity index (χ2n) is 8.13. The number of carbonyl (C=O) groups is 1. The molecular weight excluding hydrogens is 410 g/mol. The molecule has 0 fully saturated rings. The number of carbonyl (C=O) groups excluding carboxylic acids is 1. The molecule has 2 heterocycles. The lowest BCUT2D eigenvalue weighted by Gasteiger charge is -2.06. The molecule has 6 heteroatoms. The Morgan fingerprint density at radius 1 is 0.970 bits per heavy atom. The van der Waals surface area contributed by atoms with Crippen LogP contribution >= 0.6 is 0 Å². The molecule has 0 atom stereocenters. The van der Waals surface area contributed by atoms with Crippen molar-refractivity contribution < 1.29 is 4.79 Å². The third-order valence-corrected chi connectivity index (χ3v) is 5.72. The lowest BCUT2D eigenvalue weighted by molar-refractivity contribution is 0.0944. The molecule has 0 spiro atoms. The van der Waals surface area contributed by atoms with Gasteiger partial charge in [-0.15, -0.1) is 5.10 Å². The molecule has 0 saturated heterocycles. The van der Waals surface area contributed by atoms with E-state index in [0.29, 0.717) is 13.0 Å². The predicted molar refractivity (Wildman–Crippen MR) is 130 cm³/mol. The van der Waals surface area contributed by atoms with Crippen LogP contribution in [0.3, 0.4) is 0 Å². The van der Waals surface area contributed by atoms with Crippen LogP contribution in [0.2, 0.25) is 0 Å². The fourth-order valence-corrected chi connectivity index (χ4v) is 3.95. The Labute approximate surface area is 192 Å². The van der Waals surface area contributed by atoms with Gasteiger partial charge in [0.1, 0.15) is 5.82 Å². The average molecular weight is 436 g/mol. The fraction of sp³-hybridized carbons (Fsp3) is 0.148. The first-order valence-corrected chi connectivity index (χ1v) is 11.1. The summed E-state index contributed by atoms with van der Waals surface area (Å²) in [6.07, 6.45) is 3.31. The van der Waals surface area contributed by atoms with Crippen LogP contribution in [0.4, 0.5) is 0 Å². The summed E-state index contributed by atoms with van der Waals surface area (Å²) in [6.45, 7) is 2.55. The normalized spacial score (nSPS) is 11.1. The Morgan fingerprint density at radius 2 is 1.73 bits per heavy atom. The van der Waals surface area contributed by atoms with Crippen molar-refractivity contribution in [1.82, 2.24) is 25.1 Å². The fourth-order valence-electron chi connectivity index (χ4n) is 3.95. The highest BCUT2D eigenvalue weighted by Crippen LogP contribution is 2.18. The molecule has 2 N–H and O–H groups in total. The molecule has 5 aromatic rings. The standard InChI is InChI=1S/C27H25N5O/c1-19-11-13-22(14-12-19)32-25(17-20-7-3-2-4-8-20)30-26(31-32)27(33)28-16-15-21-18-29-24-10-6-5-9-23(21)24/h2-14,18,29H,15-17H2,1H3,(H,28,33). The molecule has 0 unspecified atom stereocenters. The number of hydrogen-bond acceptors (Lipinski definition) is 3. The zero-order chi connectivity index (χ0) is 22.6. The third kappa shape index (κ3) is 4.55. The number of aromatic amines is 1. The van der Waals surface area contributed by atoms with E-state index >= 15 is 0 Å². The first kappa shape index (κ1) is 20.7. The van der Waals surface area contributed by atoms with Gasteiger partial charge >= 0.3 is 0 Å². The minimum atomic E-state index is -0.269. The monoisotopic (exact) mass is 435 g/mol. The molecule has 0 radical (unpaired) electrons. The summed E-state index contributed by atoms with van der Waals surface area (Å²) in [7, 11) is 0. The molecule has 164 valence electrons. The van der Waals surface area contributed by atoms with E-state index in [1.165, 1.54) is 16.5 Å². The minimum Gasteiger partial charge on any atom is -0.361 e. The van der Waals surface area contributed by atoms with Gasteiger partial charge < -0.3 is 10.3 Å². The van der Waals surface area contributed by atoms with Crippen LogP contribution in [-0.4, -0.2) is 32.2 Å². The van der Waals surface area contributed by atoms with Crippen LogP contribution in [-0.2, 0) is 12.8 Å². The van der Waals surface area contributed by atoms with E-state index in [1.54, 1.807) is 4.68 Å². The van der Waals surface area contributed by atoms with Gasteiger partial charge in [0.25, 0.3) is 5.91 Å². The third-order valence-electron chi connectivity index (χ3n) is 5.72. The molecular formula is C27H25N5O. The highest BCUT2D eigenvalue weighted by Gasteiger charge is 2.18. The number of amides is 1. The molecule has 2 aromatic heterocycles. The van der Waals surface area contributed by atoms with Crippen molar-refractivity contribution >= 4 is 16.8 Å². The van der Waals surface area contributed by atoms with Crippen molar-refractivity contribution in [2.75, 3.05) is 6.54 Å². The van der Waals surface area contributed by atoms with Crippen LogP contribution in [0.1, 0.15) is 33.1 Å². The number of nitrogens with zero attached hydrogens (tertiary/aromatic N) is 3. The smallest absolute Gasteiger partial charge is 0.290 e. The number of aryl methyl sites for hydroxylation is 1. The number of nitrogens with one attached hydrogen (secondary N) is 2. The Kier molecular flexibility index (Phi) is 5.72. The van der Waals surface area contributed by atoms with Gasteiger partial charge in [0.15, 0.2) is 0 Å². The summed E-state index contributed by atoms with van der Waals surface area (Å²) in [4.78, 5) is 20.8. The molecule has 0 aliphatic heterocycles. The molecule has 3 aromatic carbocycles. The van der Waals surface area contributed by atoms with Crippen molar-refractivity contribution in [2.45, 2.75) is 19.8 Å². The highest BCUT2D eigenvalue weighted by atomic mass is 16.2. The van der Waals surface area contributed by atoms with Gasteiger partial charge in [0, 0.05) is 30.1 Å². The Morgan fingerprint density at radius 3 is 2.55 bits per heavy atom. The zero-order valence-electron chi connectivity index (χ0n) is 18.5. The van der Waals surface area contributed by atoms with Gasteiger partial charge in [-0.25, -0.2) is 9.67 Å². The van der Waals surface area contributed by atoms with E-state index in [2.05, 4.69) is 38.6 Å². The van der Waals surface area contributed by atoms with Crippen molar-refractivity contribution in [2.24, 2.45) is 0 Å². The van der Waals surface area contributed by atoms with Crippen LogP contribution in [0.15, 0.2) is 85.1 Å². The molecule has 33 heavy (non-hydrogen) atoms. The topological polar surface area (TPSA) is 75.6 Å². The van der Waals surface area contributed by atoms with Crippen molar-refractivity contribution in [3.05, 3.63) is 113 Å². The van der Waals surface area contributed by atoms with Crippen molar-refractivity contribution in [3.63, 3.8) is 0 Å². The first-order chi connectivity index (χ1) is 16.2. The molecule has 5 rings (SSSR count). The van der Waals surface area contributed by atoms with Gasteiger partial charge in [-0.2, -0.15) is 0 Å². The molecule has 0 aliphatic rings. The SMILES string of the molecule is Cc1ccc(-n2nc(C(=O)NCCc3c[nH]c4ccccc34)nc2Cc2ccccc2)cc1. The van der Waals surface area contributed by atoms with Crippen LogP contribution in [0.5, 0.6) is 0 Å². The molecule has 1 amide bonds. The molecule has 0 bridgehead atoms. The molecule has 6 nitrogen and oxygen atoms in total. The second kappa shape index (κ2) is 9.12. The van der Waals surface area contributed by atoms with E-state index in [4.69, 9.17) is 0 Å². The summed E-state index contributed by atoms with van der Waals surface area (Å²) >= 11 is 0. The van der Waals surface area contributed by atoms with Crippen LogP contribution < -0.4 is 5.32 Å². The largest absolute Gasteiger partial charge is 0.361 e. The first-order valence-electron chi connectivity index (χ1n) is 11.1. The predicted octanol–water partition coefficient (Wildman–Crippen LogP) is 4.62. The maximum Gasteiger partial charge on any atom is 0.290 e. The van der Waals surface area contributed by atoms with Crippen LogP contribution in [0, 0.1) is 6.92 Å². The quantitative estimate of drug-likeness (QED) is 0.392. The van der Waals surface area contributed by atoms with E-state index < -0.39 is 0 Å². The van der Waals surface area contributed by atoms with E-state index in [-0.39, 0.29) is 11.7 Å². The summed E-state index contributed by atoms with van der Waals surface area (Å²) < 4.78 is 1.76. The Bertz CT molecular complexity index is 1380. The van der Waals surface area contributed by atoms with Gasteiger partial charge in [0.2, 0.25) is 5.82 Å². The maximum atomic E-state index is 12.9. The van der Waals surface area contributed by atoms with E-state index in [9.17, 15) is 4.79 Å². The number of H-pyrrole nitrogens is 1. The number of aromatic nitrogens is 4. The van der Waals surface area contributed by atoms with Crippen LogP contribution in [0.25, 0.3) is 16.6 Å². The van der Waals surface area contributed by atoms with Crippen molar-refractivity contribution in [1.29, 1.82) is 0 Å². The van der Waals surface area contributed by atoms with E-state index in [0.717, 1.165) is 29.0 Å². The summed E-state index contributed by atoms with van der Waals surface area (Å²) in [6, 6.07) is 26.3. The minimum absolute atomic E-state index is 0.181. The lowest BCUT2D eigenvalue weighted by atomic mass is 10.1. The van der Waals surface area contributed by atoms with Gasteiger partial charge in [-0.3, -0.25) is 4.79 Å². The number of hydrogen-bond donors (Lipinski definition) is 2. The summed E-state index contributed by atoms with van der Waals surface area (Å²) in [5.74, 6) is 0.641. The number of fused-ring (bicyclic) bond motifs is 1. The van der Waals surface area contributed by atoms with Gasteiger partial charge in [-0.05, 0) is 42.7 Å².